The number of amides is 1. The number of H-pyrrole nitrogens is 1. The van der Waals surface area contributed by atoms with Gasteiger partial charge in [0.25, 0.3) is 5.91 Å². The zero-order valence-electron chi connectivity index (χ0n) is 16.2. The van der Waals surface area contributed by atoms with E-state index in [-0.39, 0.29) is 11.9 Å². The summed E-state index contributed by atoms with van der Waals surface area (Å²) in [6.07, 6.45) is 1.85. The number of fused-ring (bicyclic) bond motifs is 2. The minimum atomic E-state index is -0.0679. The molecule has 4 aromatic rings. The van der Waals surface area contributed by atoms with Gasteiger partial charge >= 0.3 is 0 Å². The fraction of sp³-hybridized carbons (Fsp3) is 0.333. The van der Waals surface area contributed by atoms with Crippen LogP contribution in [0.3, 0.4) is 0 Å². The smallest absolute Gasteiger partial charge is 0.275 e. The molecule has 7 heteroatoms. The number of carbonyl (C=O) groups excluding carboxylic acids is 1. The summed E-state index contributed by atoms with van der Waals surface area (Å²) in [5, 5.41) is 4.51. The molecular weight excluding hydrogens is 352 g/mol. The SMILES string of the molecule is Cc1ccc2nc([C@@H]3CCCN3C(=O)c3cc4nc(C)cc(C)n4n3)[nH]c2c1. The number of likely N-dealkylation sites (tertiary alicyclic amines) is 1. The molecule has 3 aromatic heterocycles. The molecule has 28 heavy (non-hydrogen) atoms. The van der Waals surface area contributed by atoms with Crippen LogP contribution in [0.4, 0.5) is 0 Å². The second-order valence-electron chi connectivity index (χ2n) is 7.64. The Bertz CT molecular complexity index is 1220. The van der Waals surface area contributed by atoms with Crippen LogP contribution in [-0.4, -0.2) is 41.9 Å². The van der Waals surface area contributed by atoms with Crippen molar-refractivity contribution in [2.75, 3.05) is 6.54 Å². The lowest BCUT2D eigenvalue weighted by Crippen LogP contribution is -2.31. The van der Waals surface area contributed by atoms with Crippen molar-refractivity contribution in [3.05, 3.63) is 58.8 Å². The Labute approximate surface area is 162 Å². The summed E-state index contributed by atoms with van der Waals surface area (Å²) in [4.78, 5) is 27.8. The molecule has 0 aliphatic carbocycles. The first-order valence-corrected chi connectivity index (χ1v) is 9.61. The van der Waals surface area contributed by atoms with Gasteiger partial charge in [0.05, 0.1) is 17.1 Å². The van der Waals surface area contributed by atoms with E-state index in [4.69, 9.17) is 4.98 Å². The summed E-state index contributed by atoms with van der Waals surface area (Å²) >= 11 is 0. The molecule has 0 bridgehead atoms. The molecule has 0 saturated carbocycles. The van der Waals surface area contributed by atoms with Gasteiger partial charge in [0, 0.05) is 24.0 Å². The lowest BCUT2D eigenvalue weighted by Gasteiger charge is -2.22. The largest absolute Gasteiger partial charge is 0.340 e. The van der Waals surface area contributed by atoms with Crippen molar-refractivity contribution in [1.29, 1.82) is 0 Å². The van der Waals surface area contributed by atoms with E-state index >= 15 is 0 Å². The molecule has 1 saturated heterocycles. The molecule has 0 radical (unpaired) electrons. The number of benzene rings is 1. The maximum Gasteiger partial charge on any atom is 0.275 e. The van der Waals surface area contributed by atoms with E-state index in [1.807, 2.05) is 30.9 Å². The van der Waals surface area contributed by atoms with Crippen LogP contribution in [0, 0.1) is 20.8 Å². The fourth-order valence-corrected chi connectivity index (χ4v) is 4.13. The number of carbonyl (C=O) groups is 1. The third-order valence-corrected chi connectivity index (χ3v) is 5.44. The minimum Gasteiger partial charge on any atom is -0.340 e. The van der Waals surface area contributed by atoms with Crippen LogP contribution in [-0.2, 0) is 0 Å². The molecule has 142 valence electrons. The van der Waals surface area contributed by atoms with Gasteiger partial charge in [0.1, 0.15) is 5.82 Å². The van der Waals surface area contributed by atoms with E-state index in [0.29, 0.717) is 17.9 Å². The van der Waals surface area contributed by atoms with Gasteiger partial charge in [0.15, 0.2) is 11.3 Å². The lowest BCUT2D eigenvalue weighted by molar-refractivity contribution is 0.0724. The molecule has 5 rings (SSSR count). The predicted octanol–water partition coefficient (Wildman–Crippen LogP) is 3.51. The fourth-order valence-electron chi connectivity index (χ4n) is 4.13. The Hall–Kier alpha value is -3.22. The van der Waals surface area contributed by atoms with Crippen molar-refractivity contribution in [2.24, 2.45) is 0 Å². The Morgan fingerprint density at radius 1 is 1.14 bits per heavy atom. The van der Waals surface area contributed by atoms with Crippen LogP contribution < -0.4 is 0 Å². The summed E-state index contributed by atoms with van der Waals surface area (Å²) in [6, 6.07) is 9.85. The van der Waals surface area contributed by atoms with Crippen LogP contribution in [0.2, 0.25) is 0 Å². The molecular formula is C21H22N6O. The number of aromatic amines is 1. The number of rotatable bonds is 2. The molecule has 1 aliphatic heterocycles. The number of nitrogens with one attached hydrogen (secondary N) is 1. The van der Waals surface area contributed by atoms with E-state index in [1.165, 1.54) is 5.56 Å². The molecule has 1 fully saturated rings. The number of hydrogen-bond acceptors (Lipinski definition) is 4. The normalized spacial score (nSPS) is 17.1. The van der Waals surface area contributed by atoms with E-state index in [1.54, 1.807) is 10.6 Å². The van der Waals surface area contributed by atoms with Crippen LogP contribution >= 0.6 is 0 Å². The van der Waals surface area contributed by atoms with E-state index in [2.05, 4.69) is 34.1 Å². The maximum absolute atomic E-state index is 13.2. The van der Waals surface area contributed by atoms with Crippen LogP contribution in [0.15, 0.2) is 30.3 Å². The summed E-state index contributed by atoms with van der Waals surface area (Å²) < 4.78 is 1.73. The zero-order chi connectivity index (χ0) is 19.4. The third-order valence-electron chi connectivity index (χ3n) is 5.44. The first kappa shape index (κ1) is 16.9. The summed E-state index contributed by atoms with van der Waals surface area (Å²) in [5.74, 6) is 0.780. The molecule has 4 heterocycles. The van der Waals surface area contributed by atoms with Gasteiger partial charge in [0.2, 0.25) is 0 Å². The van der Waals surface area contributed by atoms with Crippen LogP contribution in [0.1, 0.15) is 52.1 Å². The lowest BCUT2D eigenvalue weighted by atomic mass is 10.2. The van der Waals surface area contributed by atoms with Crippen molar-refractivity contribution in [3.63, 3.8) is 0 Å². The highest BCUT2D eigenvalue weighted by molar-refractivity contribution is 5.94. The first-order valence-electron chi connectivity index (χ1n) is 9.61. The number of imidazole rings is 1. The molecule has 0 unspecified atom stereocenters. The van der Waals surface area contributed by atoms with Crippen molar-refractivity contribution in [3.8, 4) is 0 Å². The standard InChI is InChI=1S/C21H22N6O/c1-12-6-7-15-16(9-12)24-20(23-15)18-5-4-8-26(18)21(28)17-11-19-22-13(2)10-14(3)27(19)25-17/h6-7,9-11,18H,4-5,8H2,1-3H3,(H,23,24)/t18-/m0/s1. The minimum absolute atomic E-state index is 0.0548. The van der Waals surface area contributed by atoms with Gasteiger partial charge in [-0.1, -0.05) is 6.07 Å². The molecule has 1 aliphatic rings. The Morgan fingerprint density at radius 3 is 2.86 bits per heavy atom. The average molecular weight is 374 g/mol. The van der Waals surface area contributed by atoms with Gasteiger partial charge in [-0.05, 0) is 57.4 Å². The van der Waals surface area contributed by atoms with Crippen molar-refractivity contribution < 1.29 is 4.79 Å². The third kappa shape index (κ3) is 2.66. The Kier molecular flexibility index (Phi) is 3.72. The van der Waals surface area contributed by atoms with Gasteiger partial charge in [-0.25, -0.2) is 14.5 Å². The summed E-state index contributed by atoms with van der Waals surface area (Å²) in [5.41, 5.74) is 6.15. The first-order chi connectivity index (χ1) is 13.5. The highest BCUT2D eigenvalue weighted by Crippen LogP contribution is 2.32. The van der Waals surface area contributed by atoms with Gasteiger partial charge < -0.3 is 9.88 Å². The second-order valence-corrected chi connectivity index (χ2v) is 7.64. The second kappa shape index (κ2) is 6.15. The average Bonchev–Trinajstić information content (AvgIpc) is 3.37. The predicted molar refractivity (Wildman–Crippen MR) is 106 cm³/mol. The summed E-state index contributed by atoms with van der Waals surface area (Å²) in [7, 11) is 0. The van der Waals surface area contributed by atoms with E-state index < -0.39 is 0 Å². The van der Waals surface area contributed by atoms with Gasteiger partial charge in [-0.3, -0.25) is 4.79 Å². The molecule has 7 nitrogen and oxygen atoms in total. The number of hydrogen-bond donors (Lipinski definition) is 1. The monoisotopic (exact) mass is 374 g/mol. The highest BCUT2D eigenvalue weighted by atomic mass is 16.2. The molecule has 1 amide bonds. The molecule has 1 atom stereocenters. The topological polar surface area (TPSA) is 79.2 Å². The van der Waals surface area contributed by atoms with Crippen molar-refractivity contribution in [2.45, 2.75) is 39.7 Å². The molecule has 1 aromatic carbocycles. The highest BCUT2D eigenvalue weighted by Gasteiger charge is 2.34. The number of nitrogens with zero attached hydrogens (tertiary/aromatic N) is 5. The van der Waals surface area contributed by atoms with Crippen molar-refractivity contribution >= 4 is 22.6 Å². The zero-order valence-corrected chi connectivity index (χ0v) is 16.2. The Balaban J connectivity index is 1.50. The maximum atomic E-state index is 13.2. The number of aryl methyl sites for hydroxylation is 3. The van der Waals surface area contributed by atoms with E-state index in [0.717, 1.165) is 41.1 Å². The van der Waals surface area contributed by atoms with Crippen LogP contribution in [0.25, 0.3) is 16.7 Å². The van der Waals surface area contributed by atoms with Crippen LogP contribution in [0.5, 0.6) is 0 Å². The van der Waals surface area contributed by atoms with E-state index in [9.17, 15) is 4.79 Å². The Morgan fingerprint density at radius 2 is 2.00 bits per heavy atom. The van der Waals surface area contributed by atoms with Gasteiger partial charge in [-0.2, -0.15) is 5.10 Å². The van der Waals surface area contributed by atoms with Crippen molar-refractivity contribution in [1.82, 2.24) is 29.5 Å². The quantitative estimate of drug-likeness (QED) is 0.582. The number of aromatic nitrogens is 5. The molecule has 0 spiro atoms. The molecule has 1 N–H and O–H groups in total. The van der Waals surface area contributed by atoms with Gasteiger partial charge in [-0.15, -0.1) is 0 Å². The summed E-state index contributed by atoms with van der Waals surface area (Å²) in [6.45, 7) is 6.69.